The van der Waals surface area contributed by atoms with E-state index >= 15 is 0 Å². The summed E-state index contributed by atoms with van der Waals surface area (Å²) >= 11 is 0. The maximum Gasteiger partial charge on any atom is 0.251 e. The van der Waals surface area contributed by atoms with Crippen LogP contribution in [0.1, 0.15) is 45.2 Å². The molecule has 1 N–H and O–H groups in total. The number of aromatic nitrogens is 1. The Balaban J connectivity index is 1.34. The van der Waals surface area contributed by atoms with Gasteiger partial charge in [-0.3, -0.25) is 4.79 Å². The number of fused-ring (bicyclic) bond motifs is 1. The number of hydrogen-bond donors (Lipinski definition) is 1. The fourth-order valence-corrected chi connectivity index (χ4v) is 5.06. The van der Waals surface area contributed by atoms with Crippen LogP contribution in [0, 0.1) is 20.8 Å². The molecular weight excluding hydrogens is 468 g/mol. The number of ether oxygens (including phenoxy) is 1. The van der Waals surface area contributed by atoms with Gasteiger partial charge in [-0.05, 0) is 91.4 Å². The molecular formula is C34H34N2O2. The number of carbonyl (C=O) groups is 1. The van der Waals surface area contributed by atoms with Gasteiger partial charge in [0.25, 0.3) is 5.91 Å². The summed E-state index contributed by atoms with van der Waals surface area (Å²) in [5, 5.41) is 4.17. The van der Waals surface area contributed by atoms with Crippen molar-refractivity contribution < 1.29 is 9.53 Å². The monoisotopic (exact) mass is 502 g/mol. The third kappa shape index (κ3) is 5.21. The van der Waals surface area contributed by atoms with Crippen LogP contribution in [-0.2, 0) is 13.1 Å². The van der Waals surface area contributed by atoms with Gasteiger partial charge in [0.2, 0.25) is 0 Å². The Kier molecular flexibility index (Phi) is 7.32. The number of amides is 1. The molecule has 1 aromatic heterocycles. The molecule has 5 aromatic rings. The molecule has 0 atom stereocenters. The number of carbonyl (C=O) groups excluding carboxylic acids is 1. The second-order valence-corrected chi connectivity index (χ2v) is 9.80. The fourth-order valence-electron chi connectivity index (χ4n) is 5.06. The van der Waals surface area contributed by atoms with Crippen molar-refractivity contribution in [1.29, 1.82) is 0 Å². The molecule has 0 spiro atoms. The Morgan fingerprint density at radius 2 is 1.63 bits per heavy atom. The van der Waals surface area contributed by atoms with Crippen molar-refractivity contribution in [1.82, 2.24) is 9.88 Å². The molecule has 0 saturated carbocycles. The molecule has 0 bridgehead atoms. The highest BCUT2D eigenvalue weighted by atomic mass is 16.5. The molecule has 0 aliphatic carbocycles. The summed E-state index contributed by atoms with van der Waals surface area (Å²) < 4.78 is 7.91. The molecule has 0 fully saturated rings. The van der Waals surface area contributed by atoms with Gasteiger partial charge < -0.3 is 14.6 Å². The zero-order valence-corrected chi connectivity index (χ0v) is 22.5. The van der Waals surface area contributed by atoms with Crippen LogP contribution in [0.5, 0.6) is 5.75 Å². The first kappa shape index (κ1) is 25.3. The van der Waals surface area contributed by atoms with Crippen LogP contribution < -0.4 is 10.1 Å². The number of rotatable bonds is 8. The van der Waals surface area contributed by atoms with E-state index in [1.54, 1.807) is 0 Å². The molecule has 1 amide bonds. The first-order chi connectivity index (χ1) is 18.4. The molecule has 1 heterocycles. The Bertz CT molecular complexity index is 1600. The van der Waals surface area contributed by atoms with E-state index in [1.165, 1.54) is 33.5 Å². The molecule has 4 nitrogen and oxygen atoms in total. The standard InChI is InChI=1S/C34H34N2O2/c1-5-38-30-11-8-10-27(19-30)21-35-34(37)29-17-18-33-32(20-29)24(3)25(4)36(33)22-26-13-15-28(16-14-26)31-12-7-6-9-23(31)2/h6-20H,5,21-22H2,1-4H3,(H,35,37). The highest BCUT2D eigenvalue weighted by Crippen LogP contribution is 2.28. The molecule has 4 heteroatoms. The molecule has 0 saturated heterocycles. The Morgan fingerprint density at radius 1 is 0.842 bits per heavy atom. The lowest BCUT2D eigenvalue weighted by Crippen LogP contribution is -2.22. The number of nitrogens with zero attached hydrogens (tertiary/aromatic N) is 1. The molecule has 192 valence electrons. The fraction of sp³-hybridized carbons (Fsp3) is 0.206. The molecule has 0 aliphatic rings. The van der Waals surface area contributed by atoms with Crippen LogP contribution in [0.25, 0.3) is 22.0 Å². The molecule has 0 radical (unpaired) electrons. The van der Waals surface area contributed by atoms with E-state index in [2.05, 4.69) is 85.3 Å². The maximum atomic E-state index is 13.0. The van der Waals surface area contributed by atoms with Crippen molar-refractivity contribution in [3.8, 4) is 16.9 Å². The van der Waals surface area contributed by atoms with Crippen LogP contribution >= 0.6 is 0 Å². The van der Waals surface area contributed by atoms with Gasteiger partial charge >= 0.3 is 0 Å². The van der Waals surface area contributed by atoms with Crippen molar-refractivity contribution >= 4 is 16.8 Å². The predicted octanol–water partition coefficient (Wildman–Crippen LogP) is 7.61. The van der Waals surface area contributed by atoms with E-state index in [4.69, 9.17) is 4.74 Å². The third-order valence-electron chi connectivity index (χ3n) is 7.31. The summed E-state index contributed by atoms with van der Waals surface area (Å²) in [5.74, 6) is 0.739. The van der Waals surface area contributed by atoms with E-state index in [0.717, 1.165) is 28.8 Å². The van der Waals surface area contributed by atoms with E-state index < -0.39 is 0 Å². The first-order valence-electron chi connectivity index (χ1n) is 13.2. The summed E-state index contributed by atoms with van der Waals surface area (Å²) in [4.78, 5) is 13.0. The Morgan fingerprint density at radius 3 is 2.39 bits per heavy atom. The molecule has 4 aromatic carbocycles. The number of benzene rings is 4. The topological polar surface area (TPSA) is 43.3 Å². The SMILES string of the molecule is CCOc1cccc(CNC(=O)c2ccc3c(c2)c(C)c(C)n3Cc2ccc(-c3ccccc3C)cc2)c1. The van der Waals surface area contributed by atoms with Gasteiger partial charge in [0, 0.05) is 35.2 Å². The summed E-state index contributed by atoms with van der Waals surface area (Å²) in [6.45, 7) is 10.3. The summed E-state index contributed by atoms with van der Waals surface area (Å²) in [6.07, 6.45) is 0. The van der Waals surface area contributed by atoms with Gasteiger partial charge in [0.15, 0.2) is 0 Å². The van der Waals surface area contributed by atoms with Crippen LogP contribution in [0.4, 0.5) is 0 Å². The van der Waals surface area contributed by atoms with Crippen LogP contribution in [-0.4, -0.2) is 17.1 Å². The van der Waals surface area contributed by atoms with Crippen molar-refractivity contribution in [2.45, 2.75) is 40.8 Å². The minimum Gasteiger partial charge on any atom is -0.494 e. The van der Waals surface area contributed by atoms with Gasteiger partial charge in [-0.2, -0.15) is 0 Å². The quantitative estimate of drug-likeness (QED) is 0.237. The van der Waals surface area contributed by atoms with Crippen molar-refractivity contribution in [3.05, 3.63) is 125 Å². The number of aryl methyl sites for hydroxylation is 2. The third-order valence-corrected chi connectivity index (χ3v) is 7.31. The summed E-state index contributed by atoms with van der Waals surface area (Å²) in [7, 11) is 0. The average Bonchev–Trinajstić information content (AvgIpc) is 3.17. The van der Waals surface area contributed by atoms with Gasteiger partial charge in [-0.25, -0.2) is 0 Å². The predicted molar refractivity (Wildman–Crippen MR) is 156 cm³/mol. The number of nitrogens with one attached hydrogen (secondary N) is 1. The molecule has 0 aliphatic heterocycles. The van der Waals surface area contributed by atoms with Crippen molar-refractivity contribution in [2.24, 2.45) is 0 Å². The maximum absolute atomic E-state index is 13.0. The van der Waals surface area contributed by atoms with Gasteiger partial charge in [-0.15, -0.1) is 0 Å². The van der Waals surface area contributed by atoms with Crippen molar-refractivity contribution in [2.75, 3.05) is 6.61 Å². The van der Waals surface area contributed by atoms with Crippen LogP contribution in [0.15, 0.2) is 91.0 Å². The normalized spacial score (nSPS) is 11.1. The zero-order valence-electron chi connectivity index (χ0n) is 22.5. The van der Waals surface area contributed by atoms with Crippen LogP contribution in [0.2, 0.25) is 0 Å². The van der Waals surface area contributed by atoms with Crippen LogP contribution in [0.3, 0.4) is 0 Å². The number of hydrogen-bond acceptors (Lipinski definition) is 2. The zero-order chi connectivity index (χ0) is 26.6. The lowest BCUT2D eigenvalue weighted by Gasteiger charge is -2.11. The molecule has 5 rings (SSSR count). The second-order valence-electron chi connectivity index (χ2n) is 9.80. The van der Waals surface area contributed by atoms with E-state index in [1.807, 2.05) is 43.3 Å². The Hall–Kier alpha value is -4.31. The highest BCUT2D eigenvalue weighted by Gasteiger charge is 2.15. The smallest absolute Gasteiger partial charge is 0.251 e. The minimum atomic E-state index is -0.0784. The minimum absolute atomic E-state index is 0.0784. The van der Waals surface area contributed by atoms with Gasteiger partial charge in [0.1, 0.15) is 5.75 Å². The van der Waals surface area contributed by atoms with E-state index in [-0.39, 0.29) is 5.91 Å². The lowest BCUT2D eigenvalue weighted by atomic mass is 9.99. The van der Waals surface area contributed by atoms with Gasteiger partial charge in [-0.1, -0.05) is 60.7 Å². The average molecular weight is 503 g/mol. The first-order valence-corrected chi connectivity index (χ1v) is 13.2. The summed E-state index contributed by atoms with van der Waals surface area (Å²) in [6, 6.07) is 31.2. The van der Waals surface area contributed by atoms with E-state index in [0.29, 0.717) is 18.7 Å². The van der Waals surface area contributed by atoms with Crippen molar-refractivity contribution in [3.63, 3.8) is 0 Å². The highest BCUT2D eigenvalue weighted by molar-refractivity contribution is 5.99. The lowest BCUT2D eigenvalue weighted by molar-refractivity contribution is 0.0951. The van der Waals surface area contributed by atoms with E-state index in [9.17, 15) is 4.79 Å². The molecule has 38 heavy (non-hydrogen) atoms. The molecule has 0 unspecified atom stereocenters. The van der Waals surface area contributed by atoms with Gasteiger partial charge in [0.05, 0.1) is 6.61 Å². The second kappa shape index (κ2) is 11.0. The summed E-state index contributed by atoms with van der Waals surface area (Å²) in [5.41, 5.74) is 10.3. The largest absolute Gasteiger partial charge is 0.494 e. The Labute approximate surface area is 224 Å².